The normalized spacial score (nSPS) is 19.5. The molecule has 27 heavy (non-hydrogen) atoms. The minimum atomic E-state index is -0.480. The maximum Gasteiger partial charge on any atom is 0.134 e. The molecule has 0 amide bonds. The summed E-state index contributed by atoms with van der Waals surface area (Å²) in [6.45, 7) is 35.7. The van der Waals surface area contributed by atoms with Crippen LogP contribution in [-0.2, 0) is 0 Å². The predicted molar refractivity (Wildman–Crippen MR) is 118 cm³/mol. The van der Waals surface area contributed by atoms with Crippen LogP contribution in [0.2, 0.25) is 0 Å². The first kappa shape index (κ1) is 21.2. The van der Waals surface area contributed by atoms with E-state index in [2.05, 4.69) is 46.7 Å². The molecule has 1 aliphatic rings. The van der Waals surface area contributed by atoms with E-state index in [1.54, 1.807) is 0 Å². The van der Waals surface area contributed by atoms with Gasteiger partial charge in [0, 0.05) is 16.9 Å². The summed E-state index contributed by atoms with van der Waals surface area (Å²) in [5.74, 6) is -0.219. The van der Waals surface area contributed by atoms with Crippen LogP contribution in [0.15, 0.2) is 49.6 Å². The van der Waals surface area contributed by atoms with Gasteiger partial charge in [0.2, 0.25) is 0 Å². The summed E-state index contributed by atoms with van der Waals surface area (Å²) in [5, 5.41) is 0. The fraction of sp³-hybridized carbons (Fsp3) is 0.385. The Balaban J connectivity index is 2.77. The molecule has 0 heterocycles. The highest BCUT2D eigenvalue weighted by atomic mass is 19.1. The van der Waals surface area contributed by atoms with E-state index in [0.717, 1.165) is 44.6 Å². The monoisotopic (exact) mass is 364 g/mol. The Morgan fingerprint density at radius 2 is 1.41 bits per heavy atom. The standard InChI is InChI=1S/C26H33F/c1-13(2)15(5)21(11)26(12,14(3)4)24-19(9)22-17(7)16(6)18(8)25(27)23(22)20(24)10/h15,24H,1,3,9-11H2,2,4-8,12H3. The van der Waals surface area contributed by atoms with Crippen molar-refractivity contribution in [3.05, 3.63) is 83.2 Å². The van der Waals surface area contributed by atoms with Crippen LogP contribution in [0.5, 0.6) is 0 Å². The van der Waals surface area contributed by atoms with E-state index in [4.69, 9.17) is 0 Å². The molecule has 0 saturated carbocycles. The highest BCUT2D eigenvalue weighted by Gasteiger charge is 2.47. The van der Waals surface area contributed by atoms with E-state index >= 15 is 4.39 Å². The lowest BCUT2D eigenvalue weighted by molar-refractivity contribution is 0.396. The molecular formula is C26H33F. The molecule has 1 aromatic rings. The Bertz CT molecular complexity index is 862. The van der Waals surface area contributed by atoms with Gasteiger partial charge in [-0.1, -0.05) is 63.5 Å². The molecule has 1 heteroatoms. The average molecular weight is 365 g/mol. The molecule has 1 aliphatic carbocycles. The smallest absolute Gasteiger partial charge is 0.134 e. The molecule has 3 unspecified atom stereocenters. The maximum absolute atomic E-state index is 15.3. The SMILES string of the molecule is C=C(C)C(C)C(=C)C(C)(C(=C)C)C1C(=C)c2c(C)c(C)c(C)c(F)c2C1=C. The molecule has 3 atom stereocenters. The van der Waals surface area contributed by atoms with Crippen LogP contribution in [-0.4, -0.2) is 0 Å². The Morgan fingerprint density at radius 3 is 1.85 bits per heavy atom. The van der Waals surface area contributed by atoms with Gasteiger partial charge in [0.1, 0.15) is 5.82 Å². The molecule has 2 rings (SSSR count). The van der Waals surface area contributed by atoms with Gasteiger partial charge in [-0.2, -0.15) is 0 Å². The number of hydrogen-bond acceptors (Lipinski definition) is 0. The molecule has 144 valence electrons. The van der Waals surface area contributed by atoms with Gasteiger partial charge in [0.25, 0.3) is 0 Å². The van der Waals surface area contributed by atoms with Crippen LogP contribution >= 0.6 is 0 Å². The molecule has 1 aromatic carbocycles. The van der Waals surface area contributed by atoms with Gasteiger partial charge in [-0.3, -0.25) is 0 Å². The van der Waals surface area contributed by atoms with Crippen molar-refractivity contribution in [2.75, 3.05) is 0 Å². The molecule has 0 bridgehead atoms. The topological polar surface area (TPSA) is 0 Å². The lowest BCUT2D eigenvalue weighted by atomic mass is 9.61. The summed E-state index contributed by atoms with van der Waals surface area (Å²) in [6, 6.07) is 0. The third-order valence-electron chi connectivity index (χ3n) is 7.03. The quantitative estimate of drug-likeness (QED) is 0.468. The molecule has 0 spiro atoms. The van der Waals surface area contributed by atoms with Gasteiger partial charge in [-0.25, -0.2) is 4.39 Å². The van der Waals surface area contributed by atoms with Crippen LogP contribution in [0, 0.1) is 43.8 Å². The minimum absolute atomic E-state index is 0.116. The summed E-state index contributed by atoms with van der Waals surface area (Å²) in [5.41, 5.74) is 8.54. The van der Waals surface area contributed by atoms with Crippen LogP contribution in [0.4, 0.5) is 4.39 Å². The lowest BCUT2D eigenvalue weighted by Gasteiger charge is -2.42. The second kappa shape index (κ2) is 6.78. The van der Waals surface area contributed by atoms with E-state index in [1.807, 2.05) is 34.6 Å². The zero-order valence-corrected chi connectivity index (χ0v) is 18.1. The molecule has 0 nitrogen and oxygen atoms in total. The Morgan fingerprint density at radius 1 is 0.926 bits per heavy atom. The number of fused-ring (bicyclic) bond motifs is 1. The van der Waals surface area contributed by atoms with Crippen molar-refractivity contribution >= 4 is 11.1 Å². The van der Waals surface area contributed by atoms with Crippen LogP contribution < -0.4 is 0 Å². The van der Waals surface area contributed by atoms with Gasteiger partial charge >= 0.3 is 0 Å². The third kappa shape index (κ3) is 2.79. The largest absolute Gasteiger partial charge is 0.206 e. The highest BCUT2D eigenvalue weighted by molar-refractivity contribution is 5.96. The van der Waals surface area contributed by atoms with Crippen molar-refractivity contribution in [2.45, 2.75) is 48.5 Å². The third-order valence-corrected chi connectivity index (χ3v) is 7.03. The van der Waals surface area contributed by atoms with Crippen molar-refractivity contribution < 1.29 is 4.39 Å². The number of hydrogen-bond donors (Lipinski definition) is 0. The molecule has 0 saturated heterocycles. The Kier molecular flexibility index (Phi) is 5.31. The molecule has 0 fully saturated rings. The number of allylic oxidation sites excluding steroid dienone is 5. The van der Waals surface area contributed by atoms with E-state index in [-0.39, 0.29) is 17.7 Å². The molecule has 0 aliphatic heterocycles. The molecule has 0 radical (unpaired) electrons. The second-order valence-corrected chi connectivity index (χ2v) is 8.50. The number of rotatable bonds is 5. The molecule has 0 aromatic heterocycles. The van der Waals surface area contributed by atoms with Gasteiger partial charge in [-0.15, -0.1) is 0 Å². The fourth-order valence-electron chi connectivity index (χ4n) is 4.47. The van der Waals surface area contributed by atoms with Gasteiger partial charge in [0.15, 0.2) is 0 Å². The van der Waals surface area contributed by atoms with Crippen molar-refractivity contribution in [1.29, 1.82) is 0 Å². The van der Waals surface area contributed by atoms with E-state index in [0.29, 0.717) is 11.1 Å². The summed E-state index contributed by atoms with van der Waals surface area (Å²) in [4.78, 5) is 0. The summed E-state index contributed by atoms with van der Waals surface area (Å²) >= 11 is 0. The Labute approximate surface area is 164 Å². The van der Waals surface area contributed by atoms with Gasteiger partial charge < -0.3 is 0 Å². The summed E-state index contributed by atoms with van der Waals surface area (Å²) < 4.78 is 15.3. The van der Waals surface area contributed by atoms with Crippen LogP contribution in [0.1, 0.15) is 55.5 Å². The van der Waals surface area contributed by atoms with Crippen LogP contribution in [0.25, 0.3) is 11.1 Å². The van der Waals surface area contributed by atoms with E-state index < -0.39 is 5.41 Å². The number of benzene rings is 1. The Hall–Kier alpha value is -2.15. The highest BCUT2D eigenvalue weighted by Crippen LogP contribution is 2.59. The second-order valence-electron chi connectivity index (χ2n) is 8.50. The maximum atomic E-state index is 15.3. The van der Waals surface area contributed by atoms with Crippen molar-refractivity contribution in [1.82, 2.24) is 0 Å². The van der Waals surface area contributed by atoms with Crippen molar-refractivity contribution in [3.8, 4) is 0 Å². The van der Waals surface area contributed by atoms with Crippen molar-refractivity contribution in [3.63, 3.8) is 0 Å². The fourth-order valence-corrected chi connectivity index (χ4v) is 4.47. The first-order valence-electron chi connectivity index (χ1n) is 9.48. The minimum Gasteiger partial charge on any atom is -0.206 e. The van der Waals surface area contributed by atoms with E-state index in [1.165, 1.54) is 0 Å². The summed E-state index contributed by atoms with van der Waals surface area (Å²) in [6.07, 6.45) is 0. The van der Waals surface area contributed by atoms with Gasteiger partial charge in [-0.05, 0) is 73.9 Å². The van der Waals surface area contributed by atoms with Crippen molar-refractivity contribution in [2.24, 2.45) is 17.3 Å². The lowest BCUT2D eigenvalue weighted by Crippen LogP contribution is -2.32. The predicted octanol–water partition coefficient (Wildman–Crippen LogP) is 7.76. The van der Waals surface area contributed by atoms with Crippen LogP contribution in [0.3, 0.4) is 0 Å². The molecular weight excluding hydrogens is 331 g/mol. The van der Waals surface area contributed by atoms with Gasteiger partial charge in [0.05, 0.1) is 0 Å². The van der Waals surface area contributed by atoms with E-state index in [9.17, 15) is 0 Å². The molecule has 0 N–H and O–H groups in total. The first-order chi connectivity index (χ1) is 12.3. The average Bonchev–Trinajstić information content (AvgIpc) is 2.86. The zero-order valence-electron chi connectivity index (χ0n) is 18.1. The summed E-state index contributed by atoms with van der Waals surface area (Å²) in [7, 11) is 0. The number of halogens is 1. The zero-order chi connectivity index (χ0) is 21.0. The first-order valence-corrected chi connectivity index (χ1v) is 9.48.